The SMILES string of the molecule is O=C([C@@H]1CCCN(C[C@@H](O)COCc2ccccc2)C1)N1CCCC1. The average Bonchev–Trinajstić information content (AvgIpc) is 3.17. The van der Waals surface area contributed by atoms with Gasteiger partial charge in [0.2, 0.25) is 5.91 Å². The van der Waals surface area contributed by atoms with E-state index in [1.165, 1.54) is 0 Å². The van der Waals surface area contributed by atoms with Crippen LogP contribution in [0.25, 0.3) is 0 Å². The molecule has 2 aliphatic heterocycles. The molecule has 0 unspecified atom stereocenters. The number of β-amino-alcohol motifs (C(OH)–C–C–N with tert-alkyl or cyclic N) is 1. The first-order chi connectivity index (χ1) is 12.2. The van der Waals surface area contributed by atoms with Gasteiger partial charge in [0.25, 0.3) is 0 Å². The van der Waals surface area contributed by atoms with Crippen LogP contribution in [0.15, 0.2) is 30.3 Å². The normalized spacial score (nSPS) is 22.9. The van der Waals surface area contributed by atoms with E-state index in [0.29, 0.717) is 25.7 Å². The number of benzene rings is 1. The third-order valence-electron chi connectivity index (χ3n) is 5.16. The fraction of sp³-hybridized carbons (Fsp3) is 0.650. The fourth-order valence-electron chi connectivity index (χ4n) is 3.86. The lowest BCUT2D eigenvalue weighted by Crippen LogP contribution is -2.46. The Morgan fingerprint density at radius 2 is 1.92 bits per heavy atom. The van der Waals surface area contributed by atoms with Gasteiger partial charge in [-0.25, -0.2) is 0 Å². The second-order valence-corrected chi connectivity index (χ2v) is 7.29. The fourth-order valence-corrected chi connectivity index (χ4v) is 3.86. The molecular weight excluding hydrogens is 316 g/mol. The minimum absolute atomic E-state index is 0.101. The molecule has 3 rings (SSSR count). The van der Waals surface area contributed by atoms with Gasteiger partial charge in [-0.2, -0.15) is 0 Å². The first-order valence-electron chi connectivity index (χ1n) is 9.53. The minimum Gasteiger partial charge on any atom is -0.389 e. The van der Waals surface area contributed by atoms with Crippen molar-refractivity contribution in [2.24, 2.45) is 5.92 Å². The molecule has 1 amide bonds. The van der Waals surface area contributed by atoms with Crippen LogP contribution in [0.5, 0.6) is 0 Å². The molecule has 0 saturated carbocycles. The quantitative estimate of drug-likeness (QED) is 0.819. The summed E-state index contributed by atoms with van der Waals surface area (Å²) in [5.74, 6) is 0.418. The molecule has 25 heavy (non-hydrogen) atoms. The number of hydrogen-bond donors (Lipinski definition) is 1. The van der Waals surface area contributed by atoms with Crippen LogP contribution >= 0.6 is 0 Å². The third-order valence-corrected chi connectivity index (χ3v) is 5.16. The van der Waals surface area contributed by atoms with Crippen LogP contribution in [0.4, 0.5) is 0 Å². The number of likely N-dealkylation sites (tertiary alicyclic amines) is 2. The standard InChI is InChI=1S/C20H30N2O3/c23-19(16-25-15-17-7-2-1-3-8-17)14-21-10-6-9-18(13-21)20(24)22-11-4-5-12-22/h1-3,7-8,18-19,23H,4-6,9-16H2/t18-,19-/m1/s1. The Kier molecular flexibility index (Phi) is 6.84. The molecule has 1 N–H and O–H groups in total. The van der Waals surface area contributed by atoms with E-state index < -0.39 is 6.10 Å². The highest BCUT2D eigenvalue weighted by atomic mass is 16.5. The van der Waals surface area contributed by atoms with Crippen molar-refractivity contribution in [3.8, 4) is 0 Å². The Morgan fingerprint density at radius 3 is 2.68 bits per heavy atom. The predicted octanol–water partition coefficient (Wildman–Crippen LogP) is 1.90. The zero-order valence-corrected chi connectivity index (χ0v) is 15.0. The molecule has 2 heterocycles. The summed E-state index contributed by atoms with van der Waals surface area (Å²) >= 11 is 0. The highest BCUT2D eigenvalue weighted by molar-refractivity contribution is 5.79. The van der Waals surface area contributed by atoms with Crippen molar-refractivity contribution in [1.82, 2.24) is 9.80 Å². The molecule has 5 heteroatoms. The Labute approximate surface area is 150 Å². The lowest BCUT2D eigenvalue weighted by molar-refractivity contribution is -0.136. The summed E-state index contributed by atoms with van der Waals surface area (Å²) in [5.41, 5.74) is 1.11. The summed E-state index contributed by atoms with van der Waals surface area (Å²) in [7, 11) is 0. The topological polar surface area (TPSA) is 53.0 Å². The van der Waals surface area contributed by atoms with Crippen LogP contribution in [0.3, 0.4) is 0 Å². The molecule has 2 saturated heterocycles. The number of rotatable bonds is 7. The largest absolute Gasteiger partial charge is 0.389 e. The summed E-state index contributed by atoms with van der Waals surface area (Å²) in [6, 6.07) is 9.99. The number of aliphatic hydroxyl groups is 1. The number of nitrogens with zero attached hydrogens (tertiary/aromatic N) is 2. The predicted molar refractivity (Wildman–Crippen MR) is 97.1 cm³/mol. The number of carbonyl (C=O) groups is 1. The Hall–Kier alpha value is -1.43. The molecule has 2 atom stereocenters. The van der Waals surface area contributed by atoms with Gasteiger partial charge in [-0.05, 0) is 37.8 Å². The first-order valence-corrected chi connectivity index (χ1v) is 9.53. The van der Waals surface area contributed by atoms with E-state index in [1.54, 1.807) is 0 Å². The van der Waals surface area contributed by atoms with Gasteiger partial charge >= 0.3 is 0 Å². The van der Waals surface area contributed by atoms with E-state index in [1.807, 2.05) is 35.2 Å². The average molecular weight is 346 g/mol. The van der Waals surface area contributed by atoms with Gasteiger partial charge in [-0.3, -0.25) is 9.69 Å². The highest BCUT2D eigenvalue weighted by Crippen LogP contribution is 2.21. The number of ether oxygens (including phenoxy) is 1. The molecule has 2 fully saturated rings. The van der Waals surface area contributed by atoms with E-state index in [0.717, 1.165) is 57.4 Å². The molecule has 2 aliphatic rings. The Morgan fingerprint density at radius 1 is 1.16 bits per heavy atom. The summed E-state index contributed by atoms with van der Waals surface area (Å²) < 4.78 is 5.63. The highest BCUT2D eigenvalue weighted by Gasteiger charge is 2.30. The maximum absolute atomic E-state index is 12.6. The summed E-state index contributed by atoms with van der Waals surface area (Å²) in [6.45, 7) is 5.00. The lowest BCUT2D eigenvalue weighted by atomic mass is 9.96. The van der Waals surface area contributed by atoms with Crippen molar-refractivity contribution in [3.63, 3.8) is 0 Å². The van der Waals surface area contributed by atoms with Crippen molar-refractivity contribution >= 4 is 5.91 Å². The van der Waals surface area contributed by atoms with Gasteiger partial charge in [0.05, 0.1) is 25.2 Å². The minimum atomic E-state index is -0.510. The maximum Gasteiger partial charge on any atom is 0.226 e. The van der Waals surface area contributed by atoms with Crippen molar-refractivity contribution in [2.75, 3.05) is 39.3 Å². The second-order valence-electron chi connectivity index (χ2n) is 7.29. The third kappa shape index (κ3) is 5.53. The van der Waals surface area contributed by atoms with Crippen molar-refractivity contribution < 1.29 is 14.6 Å². The van der Waals surface area contributed by atoms with Gasteiger partial charge in [0, 0.05) is 26.2 Å². The summed E-state index contributed by atoms with van der Waals surface area (Å²) in [5, 5.41) is 10.3. The van der Waals surface area contributed by atoms with E-state index in [-0.39, 0.29) is 5.92 Å². The zero-order chi connectivity index (χ0) is 17.5. The van der Waals surface area contributed by atoms with E-state index >= 15 is 0 Å². The number of aliphatic hydroxyl groups excluding tert-OH is 1. The molecule has 0 spiro atoms. The Balaban J connectivity index is 1.38. The smallest absolute Gasteiger partial charge is 0.226 e. The van der Waals surface area contributed by atoms with Crippen LogP contribution in [-0.2, 0) is 16.1 Å². The molecular formula is C20H30N2O3. The number of piperidine rings is 1. The molecule has 0 aromatic heterocycles. The van der Waals surface area contributed by atoms with Crippen molar-refractivity contribution in [3.05, 3.63) is 35.9 Å². The van der Waals surface area contributed by atoms with E-state index in [9.17, 15) is 9.90 Å². The van der Waals surface area contributed by atoms with Crippen LogP contribution in [0.1, 0.15) is 31.2 Å². The zero-order valence-electron chi connectivity index (χ0n) is 15.0. The van der Waals surface area contributed by atoms with Crippen molar-refractivity contribution in [2.45, 2.75) is 38.4 Å². The molecule has 0 bridgehead atoms. The van der Waals surface area contributed by atoms with Gasteiger partial charge < -0.3 is 14.7 Å². The molecule has 0 aliphatic carbocycles. The first kappa shape index (κ1) is 18.4. The molecule has 138 valence electrons. The Bertz CT molecular complexity index is 531. The number of carbonyl (C=O) groups excluding carboxylic acids is 1. The van der Waals surface area contributed by atoms with Crippen LogP contribution in [-0.4, -0.2) is 66.2 Å². The summed E-state index contributed by atoms with van der Waals surface area (Å²) in [6.07, 6.45) is 3.78. The van der Waals surface area contributed by atoms with Gasteiger partial charge in [0.1, 0.15) is 0 Å². The molecule has 0 radical (unpaired) electrons. The number of hydrogen-bond acceptors (Lipinski definition) is 4. The molecule has 1 aromatic carbocycles. The molecule has 5 nitrogen and oxygen atoms in total. The maximum atomic E-state index is 12.6. The van der Waals surface area contributed by atoms with Crippen LogP contribution in [0, 0.1) is 5.92 Å². The van der Waals surface area contributed by atoms with Crippen LogP contribution < -0.4 is 0 Å². The molecule has 1 aromatic rings. The van der Waals surface area contributed by atoms with E-state index in [4.69, 9.17) is 4.74 Å². The lowest BCUT2D eigenvalue weighted by Gasteiger charge is -2.34. The number of amides is 1. The van der Waals surface area contributed by atoms with E-state index in [2.05, 4.69) is 4.90 Å². The van der Waals surface area contributed by atoms with Crippen LogP contribution in [0.2, 0.25) is 0 Å². The van der Waals surface area contributed by atoms with Crippen molar-refractivity contribution in [1.29, 1.82) is 0 Å². The van der Waals surface area contributed by atoms with Gasteiger partial charge in [-0.1, -0.05) is 30.3 Å². The van der Waals surface area contributed by atoms with Gasteiger partial charge in [0.15, 0.2) is 0 Å². The van der Waals surface area contributed by atoms with Gasteiger partial charge in [-0.15, -0.1) is 0 Å². The summed E-state index contributed by atoms with van der Waals surface area (Å²) in [4.78, 5) is 16.8. The second kappa shape index (κ2) is 9.32. The monoisotopic (exact) mass is 346 g/mol.